The first-order valence-corrected chi connectivity index (χ1v) is 12.4. The molecule has 2 heterocycles. The van der Waals surface area contributed by atoms with Gasteiger partial charge in [-0.2, -0.15) is 0 Å². The minimum atomic E-state index is 0.644. The van der Waals surface area contributed by atoms with Crippen molar-refractivity contribution in [1.29, 1.82) is 0 Å². The summed E-state index contributed by atoms with van der Waals surface area (Å²) in [5.41, 5.74) is 4.53. The summed E-state index contributed by atoms with van der Waals surface area (Å²) in [6.45, 7) is 6.10. The molecule has 0 aliphatic carbocycles. The summed E-state index contributed by atoms with van der Waals surface area (Å²) < 4.78 is 5.45. The topological polar surface area (TPSA) is 12.5 Å². The van der Waals surface area contributed by atoms with Crippen LogP contribution in [0.15, 0.2) is 65.1 Å². The number of thioether (sulfide) groups is 1. The molecule has 0 saturated carbocycles. The van der Waals surface area contributed by atoms with Crippen LogP contribution in [-0.4, -0.2) is 37.4 Å². The van der Waals surface area contributed by atoms with E-state index < -0.39 is 0 Å². The summed E-state index contributed by atoms with van der Waals surface area (Å²) in [6, 6.07) is 17.5. The number of likely N-dealkylation sites (tertiary alicyclic amines) is 1. The van der Waals surface area contributed by atoms with Crippen molar-refractivity contribution < 1.29 is 4.74 Å². The van der Waals surface area contributed by atoms with Crippen LogP contribution in [0.4, 0.5) is 0 Å². The third-order valence-electron chi connectivity index (χ3n) is 6.71. The van der Waals surface area contributed by atoms with E-state index in [9.17, 15) is 0 Å². The fourth-order valence-corrected chi connectivity index (χ4v) is 5.87. The zero-order valence-electron chi connectivity index (χ0n) is 18.5. The SMILES string of the molecule is COc1ccc2c(c1)C/C(=C/CCN1CCC(Cc3ccccc3)CC1)[C@H](C)CS2. The highest BCUT2D eigenvalue weighted by molar-refractivity contribution is 7.99. The predicted molar refractivity (Wildman–Crippen MR) is 129 cm³/mol. The number of rotatable bonds is 6. The summed E-state index contributed by atoms with van der Waals surface area (Å²) >= 11 is 2.00. The molecule has 2 aromatic rings. The fraction of sp³-hybridized carbons (Fsp3) is 0.481. The number of hydrogen-bond acceptors (Lipinski definition) is 3. The van der Waals surface area contributed by atoms with E-state index in [1.165, 1.54) is 67.1 Å². The Morgan fingerprint density at radius 3 is 2.67 bits per heavy atom. The largest absolute Gasteiger partial charge is 0.497 e. The lowest BCUT2D eigenvalue weighted by Crippen LogP contribution is -2.34. The summed E-state index contributed by atoms with van der Waals surface area (Å²) in [7, 11) is 1.76. The Morgan fingerprint density at radius 2 is 1.90 bits per heavy atom. The molecule has 0 radical (unpaired) electrons. The molecule has 0 unspecified atom stereocenters. The summed E-state index contributed by atoms with van der Waals surface area (Å²) in [5.74, 6) is 3.65. The maximum absolute atomic E-state index is 5.45. The van der Waals surface area contributed by atoms with Crippen LogP contribution in [0.1, 0.15) is 37.3 Å². The van der Waals surface area contributed by atoms with Crippen molar-refractivity contribution >= 4 is 11.8 Å². The molecule has 0 spiro atoms. The average Bonchev–Trinajstić information content (AvgIpc) is 2.94. The van der Waals surface area contributed by atoms with Crippen molar-refractivity contribution in [2.45, 2.75) is 43.9 Å². The van der Waals surface area contributed by atoms with Gasteiger partial charge in [0.1, 0.15) is 5.75 Å². The van der Waals surface area contributed by atoms with Crippen molar-refractivity contribution in [3.63, 3.8) is 0 Å². The molecule has 0 aromatic heterocycles. The van der Waals surface area contributed by atoms with E-state index in [1.54, 1.807) is 12.7 Å². The van der Waals surface area contributed by atoms with Gasteiger partial charge in [-0.3, -0.25) is 0 Å². The standard InChI is InChI=1S/C27H35NOS/c1-21-20-30-27-11-10-26(29-2)19-25(27)18-24(21)9-6-14-28-15-12-23(13-16-28)17-22-7-4-3-5-8-22/h3-5,7-11,19,21,23H,6,12-18,20H2,1-2H3/b24-9-/t21-/m1/s1. The highest BCUT2D eigenvalue weighted by atomic mass is 32.2. The molecule has 2 aliphatic heterocycles. The molecule has 0 N–H and O–H groups in total. The molecule has 0 amide bonds. The smallest absolute Gasteiger partial charge is 0.119 e. The zero-order valence-corrected chi connectivity index (χ0v) is 19.3. The van der Waals surface area contributed by atoms with Crippen molar-refractivity contribution in [2.75, 3.05) is 32.5 Å². The number of methoxy groups -OCH3 is 1. The first kappa shape index (κ1) is 21.5. The second-order valence-electron chi connectivity index (χ2n) is 8.90. The minimum absolute atomic E-state index is 0.644. The van der Waals surface area contributed by atoms with Crippen molar-refractivity contribution in [3.8, 4) is 5.75 Å². The van der Waals surface area contributed by atoms with Crippen LogP contribution >= 0.6 is 11.8 Å². The van der Waals surface area contributed by atoms with Gasteiger partial charge in [-0.05, 0) is 86.4 Å². The number of benzene rings is 2. The number of ether oxygens (including phenoxy) is 1. The number of allylic oxidation sites excluding steroid dienone is 1. The van der Waals surface area contributed by atoms with Gasteiger partial charge in [-0.15, -0.1) is 11.8 Å². The molecule has 0 bridgehead atoms. The first-order chi connectivity index (χ1) is 14.7. The van der Waals surface area contributed by atoms with Gasteiger partial charge in [0.25, 0.3) is 0 Å². The molecule has 1 fully saturated rings. The monoisotopic (exact) mass is 421 g/mol. The van der Waals surface area contributed by atoms with Crippen LogP contribution in [0.3, 0.4) is 0 Å². The summed E-state index contributed by atoms with van der Waals surface area (Å²) in [4.78, 5) is 4.09. The van der Waals surface area contributed by atoms with E-state index in [4.69, 9.17) is 4.74 Å². The molecule has 1 saturated heterocycles. The normalized spacial score (nSPS) is 21.9. The molecule has 160 valence electrons. The van der Waals surface area contributed by atoms with E-state index in [0.717, 1.165) is 18.1 Å². The van der Waals surface area contributed by atoms with Crippen LogP contribution in [-0.2, 0) is 12.8 Å². The lowest BCUT2D eigenvalue weighted by Gasteiger charge is -2.32. The zero-order chi connectivity index (χ0) is 20.8. The number of piperidine rings is 1. The van der Waals surface area contributed by atoms with Gasteiger partial charge in [-0.1, -0.05) is 48.9 Å². The minimum Gasteiger partial charge on any atom is -0.497 e. The molecule has 2 aliphatic rings. The van der Waals surface area contributed by atoms with Gasteiger partial charge in [0, 0.05) is 17.2 Å². The number of hydrogen-bond donors (Lipinski definition) is 0. The first-order valence-electron chi connectivity index (χ1n) is 11.5. The van der Waals surface area contributed by atoms with Gasteiger partial charge in [0.2, 0.25) is 0 Å². The summed E-state index contributed by atoms with van der Waals surface area (Å²) in [6.07, 6.45) is 8.71. The number of nitrogens with zero attached hydrogens (tertiary/aromatic N) is 1. The predicted octanol–water partition coefficient (Wildman–Crippen LogP) is 6.25. The quantitative estimate of drug-likeness (QED) is 0.512. The van der Waals surface area contributed by atoms with E-state index in [1.807, 2.05) is 11.8 Å². The van der Waals surface area contributed by atoms with Crippen LogP contribution in [0.5, 0.6) is 5.75 Å². The summed E-state index contributed by atoms with van der Waals surface area (Å²) in [5, 5.41) is 0. The molecule has 2 nitrogen and oxygen atoms in total. The molecule has 4 rings (SSSR count). The molecular weight excluding hydrogens is 386 g/mol. The highest BCUT2D eigenvalue weighted by Crippen LogP contribution is 2.36. The Labute approximate surface area is 186 Å². The molecule has 1 atom stereocenters. The number of fused-ring (bicyclic) bond motifs is 1. The average molecular weight is 422 g/mol. The van der Waals surface area contributed by atoms with Crippen molar-refractivity contribution in [1.82, 2.24) is 4.90 Å². The third-order valence-corrected chi connectivity index (χ3v) is 8.09. The van der Waals surface area contributed by atoms with Gasteiger partial charge in [-0.25, -0.2) is 0 Å². The maximum Gasteiger partial charge on any atom is 0.119 e. The van der Waals surface area contributed by atoms with Crippen LogP contribution < -0.4 is 4.74 Å². The van der Waals surface area contributed by atoms with Crippen molar-refractivity contribution in [3.05, 3.63) is 71.3 Å². The lowest BCUT2D eigenvalue weighted by molar-refractivity contribution is 0.186. The third kappa shape index (κ3) is 5.70. The molecular formula is C27H35NOS. The molecule has 3 heteroatoms. The van der Waals surface area contributed by atoms with E-state index in [0.29, 0.717) is 5.92 Å². The van der Waals surface area contributed by atoms with Gasteiger partial charge in [0.05, 0.1) is 7.11 Å². The lowest BCUT2D eigenvalue weighted by atomic mass is 9.90. The van der Waals surface area contributed by atoms with E-state index in [-0.39, 0.29) is 0 Å². The Morgan fingerprint density at radius 1 is 1.10 bits per heavy atom. The van der Waals surface area contributed by atoms with Gasteiger partial charge < -0.3 is 9.64 Å². The van der Waals surface area contributed by atoms with E-state index in [2.05, 4.69) is 66.4 Å². The van der Waals surface area contributed by atoms with E-state index >= 15 is 0 Å². The molecule has 30 heavy (non-hydrogen) atoms. The van der Waals surface area contributed by atoms with Crippen molar-refractivity contribution in [2.24, 2.45) is 11.8 Å². The Bertz CT molecular complexity index is 839. The second kappa shape index (κ2) is 10.5. The van der Waals surface area contributed by atoms with Crippen LogP contribution in [0.25, 0.3) is 0 Å². The molecule has 2 aromatic carbocycles. The van der Waals surface area contributed by atoms with Gasteiger partial charge >= 0.3 is 0 Å². The van der Waals surface area contributed by atoms with Gasteiger partial charge in [0.15, 0.2) is 0 Å². The Balaban J connectivity index is 1.27. The maximum atomic E-state index is 5.45. The Kier molecular flexibility index (Phi) is 7.57. The van der Waals surface area contributed by atoms with Crippen LogP contribution in [0.2, 0.25) is 0 Å². The second-order valence-corrected chi connectivity index (χ2v) is 9.97. The Hall–Kier alpha value is -1.71. The van der Waals surface area contributed by atoms with Crippen LogP contribution in [0, 0.1) is 11.8 Å². The fourth-order valence-electron chi connectivity index (χ4n) is 4.75. The highest BCUT2D eigenvalue weighted by Gasteiger charge is 2.20.